The molecule has 0 bridgehead atoms. The molecule has 0 aliphatic carbocycles. The number of benzene rings is 9. The topological polar surface area (TPSA) is 29.5 Å². The van der Waals surface area contributed by atoms with E-state index < -0.39 is 0 Å². The molecule has 0 saturated heterocycles. The van der Waals surface area contributed by atoms with Crippen LogP contribution in [0.2, 0.25) is 0 Å². The van der Waals surface area contributed by atoms with Crippen LogP contribution >= 0.6 is 11.3 Å². The van der Waals surface area contributed by atoms with Gasteiger partial charge >= 0.3 is 0 Å². The van der Waals surface area contributed by atoms with E-state index in [1.165, 1.54) is 31.3 Å². The zero-order valence-corrected chi connectivity index (χ0v) is 32.0. The Morgan fingerprint density at radius 3 is 1.41 bits per heavy atom. The van der Waals surface area contributed by atoms with Crippen LogP contribution in [0.4, 0.5) is 17.1 Å². The molecule has 58 heavy (non-hydrogen) atoms. The highest BCUT2D eigenvalue weighted by atomic mass is 32.1. The standard InChI is InChI=1S/C54H33NO2S/c1-2-10-36(11-3-1)41-30-31-47(54-53(41)46-14-6-9-17-52(46)58-54)55(39-24-18-34(19-25-39)37-22-28-44-42-12-4-7-15-48(42)56-50(44)32-37)40-26-20-35(21-27-40)38-23-29-45-43-13-5-8-16-49(43)57-51(45)33-38/h1-33H. The molecule has 0 aliphatic heterocycles. The van der Waals surface area contributed by atoms with E-state index in [4.69, 9.17) is 8.83 Å². The second-order valence-corrected chi connectivity index (χ2v) is 15.9. The van der Waals surface area contributed by atoms with Gasteiger partial charge in [-0.1, -0.05) is 127 Å². The third-order valence-electron chi connectivity index (χ3n) is 11.5. The summed E-state index contributed by atoms with van der Waals surface area (Å²) in [7, 11) is 0. The maximum absolute atomic E-state index is 6.26. The number of hydrogen-bond donors (Lipinski definition) is 0. The maximum Gasteiger partial charge on any atom is 0.136 e. The van der Waals surface area contributed by atoms with Gasteiger partial charge in [0.2, 0.25) is 0 Å². The lowest BCUT2D eigenvalue weighted by Crippen LogP contribution is -2.10. The molecular formula is C54H33NO2S. The van der Waals surface area contributed by atoms with E-state index in [0.717, 1.165) is 83.2 Å². The van der Waals surface area contributed by atoms with Crippen LogP contribution in [0.25, 0.3) is 97.4 Å². The molecule has 3 aromatic heterocycles. The third kappa shape index (κ3) is 5.27. The van der Waals surface area contributed by atoms with Crippen molar-refractivity contribution in [3.63, 3.8) is 0 Å². The van der Waals surface area contributed by atoms with Crippen molar-refractivity contribution in [1.82, 2.24) is 0 Å². The minimum atomic E-state index is 0.898. The van der Waals surface area contributed by atoms with Crippen molar-refractivity contribution in [2.75, 3.05) is 4.90 Å². The Labute approximate surface area is 338 Å². The van der Waals surface area contributed by atoms with Crippen LogP contribution in [0.5, 0.6) is 0 Å². The number of furan rings is 2. The minimum absolute atomic E-state index is 0.898. The molecule has 3 heterocycles. The molecule has 9 aromatic carbocycles. The Morgan fingerprint density at radius 2 is 0.828 bits per heavy atom. The third-order valence-corrected chi connectivity index (χ3v) is 12.7. The first kappa shape index (κ1) is 32.8. The Kier molecular flexibility index (Phi) is 7.40. The van der Waals surface area contributed by atoms with E-state index in [2.05, 4.69) is 181 Å². The zero-order chi connectivity index (χ0) is 38.2. The molecule has 3 nitrogen and oxygen atoms in total. The number of fused-ring (bicyclic) bond motifs is 9. The molecule has 0 saturated carbocycles. The SMILES string of the molecule is c1ccc(-c2ccc(N(c3ccc(-c4ccc5c(c4)oc4ccccc45)cc3)c3ccc(-c4ccc5c(c4)oc4ccccc45)cc3)c3sc4ccccc4c23)cc1. The van der Waals surface area contributed by atoms with Crippen LogP contribution in [0, 0.1) is 0 Å². The summed E-state index contributed by atoms with van der Waals surface area (Å²) in [6.45, 7) is 0. The highest BCUT2D eigenvalue weighted by molar-refractivity contribution is 7.26. The van der Waals surface area contributed by atoms with Gasteiger partial charge in [0.15, 0.2) is 0 Å². The van der Waals surface area contributed by atoms with Gasteiger partial charge in [0.05, 0.1) is 10.4 Å². The van der Waals surface area contributed by atoms with E-state index >= 15 is 0 Å². The van der Waals surface area contributed by atoms with Crippen molar-refractivity contribution < 1.29 is 8.83 Å². The summed E-state index contributed by atoms with van der Waals surface area (Å²) in [6.07, 6.45) is 0. The summed E-state index contributed by atoms with van der Waals surface area (Å²) >= 11 is 1.86. The van der Waals surface area contributed by atoms with Gasteiger partial charge < -0.3 is 13.7 Å². The quantitative estimate of drug-likeness (QED) is 0.169. The summed E-state index contributed by atoms with van der Waals surface area (Å²) in [5.41, 5.74) is 13.9. The van der Waals surface area contributed by atoms with Crippen LogP contribution in [0.1, 0.15) is 0 Å². The van der Waals surface area contributed by atoms with E-state index in [0.29, 0.717) is 0 Å². The molecule has 0 radical (unpaired) electrons. The largest absolute Gasteiger partial charge is 0.456 e. The molecule has 12 aromatic rings. The predicted molar refractivity (Wildman–Crippen MR) is 245 cm³/mol. The molecule has 0 spiro atoms. The Hall–Kier alpha value is -7.40. The summed E-state index contributed by atoms with van der Waals surface area (Å²) in [6, 6.07) is 71.5. The summed E-state index contributed by atoms with van der Waals surface area (Å²) < 4.78 is 15.1. The molecule has 0 fully saturated rings. The molecule has 0 amide bonds. The smallest absolute Gasteiger partial charge is 0.136 e. The summed E-state index contributed by atoms with van der Waals surface area (Å²) in [4.78, 5) is 2.41. The van der Waals surface area contributed by atoms with Crippen LogP contribution < -0.4 is 4.90 Å². The van der Waals surface area contributed by atoms with Crippen molar-refractivity contribution in [3.05, 3.63) is 200 Å². The van der Waals surface area contributed by atoms with E-state index in [9.17, 15) is 0 Å². The molecule has 0 aliphatic rings. The van der Waals surface area contributed by atoms with Crippen molar-refractivity contribution in [1.29, 1.82) is 0 Å². The normalized spacial score (nSPS) is 11.8. The maximum atomic E-state index is 6.26. The Balaban J connectivity index is 1.00. The zero-order valence-electron chi connectivity index (χ0n) is 31.2. The van der Waals surface area contributed by atoms with Crippen LogP contribution in [0.15, 0.2) is 209 Å². The lowest BCUT2D eigenvalue weighted by molar-refractivity contribution is 0.668. The highest BCUT2D eigenvalue weighted by Gasteiger charge is 2.21. The Bertz CT molecular complexity index is 3340. The number of thiophene rings is 1. The van der Waals surface area contributed by atoms with Gasteiger partial charge in [-0.05, 0) is 106 Å². The summed E-state index contributed by atoms with van der Waals surface area (Å²) in [5, 5.41) is 7.10. The minimum Gasteiger partial charge on any atom is -0.456 e. The predicted octanol–water partition coefficient (Wildman–Crippen LogP) is 16.3. The fourth-order valence-electron chi connectivity index (χ4n) is 8.69. The van der Waals surface area contributed by atoms with Crippen molar-refractivity contribution in [2.24, 2.45) is 0 Å². The molecule has 0 N–H and O–H groups in total. The van der Waals surface area contributed by atoms with Gasteiger partial charge in [-0.15, -0.1) is 11.3 Å². The van der Waals surface area contributed by atoms with Crippen LogP contribution in [0.3, 0.4) is 0 Å². The molecule has 272 valence electrons. The van der Waals surface area contributed by atoms with E-state index in [-0.39, 0.29) is 0 Å². The fraction of sp³-hybridized carbons (Fsp3) is 0. The molecule has 0 unspecified atom stereocenters. The molecule has 0 atom stereocenters. The average Bonchev–Trinajstić information content (AvgIpc) is 3.98. The fourth-order valence-corrected chi connectivity index (χ4v) is 9.93. The number of para-hydroxylation sites is 2. The first-order valence-electron chi connectivity index (χ1n) is 19.6. The van der Waals surface area contributed by atoms with E-state index in [1.807, 2.05) is 35.6 Å². The van der Waals surface area contributed by atoms with Gasteiger partial charge in [0.1, 0.15) is 22.3 Å². The van der Waals surface area contributed by atoms with Crippen LogP contribution in [-0.4, -0.2) is 0 Å². The van der Waals surface area contributed by atoms with Crippen molar-refractivity contribution >= 4 is 92.4 Å². The lowest BCUT2D eigenvalue weighted by atomic mass is 9.98. The van der Waals surface area contributed by atoms with Gasteiger partial charge in [0.25, 0.3) is 0 Å². The van der Waals surface area contributed by atoms with Gasteiger partial charge in [-0.3, -0.25) is 0 Å². The number of anilines is 3. The highest BCUT2D eigenvalue weighted by Crippen LogP contribution is 2.48. The van der Waals surface area contributed by atoms with E-state index in [1.54, 1.807) is 0 Å². The number of nitrogens with zero attached hydrogens (tertiary/aromatic N) is 1. The molecule has 4 heteroatoms. The van der Waals surface area contributed by atoms with Gasteiger partial charge in [-0.2, -0.15) is 0 Å². The number of rotatable bonds is 6. The van der Waals surface area contributed by atoms with Crippen molar-refractivity contribution in [2.45, 2.75) is 0 Å². The molecule has 12 rings (SSSR count). The second kappa shape index (κ2) is 13.1. The lowest BCUT2D eigenvalue weighted by Gasteiger charge is -2.27. The molecular weight excluding hydrogens is 727 g/mol. The average molecular weight is 760 g/mol. The van der Waals surface area contributed by atoms with Gasteiger partial charge in [0, 0.05) is 48.4 Å². The first-order valence-corrected chi connectivity index (χ1v) is 20.4. The van der Waals surface area contributed by atoms with Crippen LogP contribution in [-0.2, 0) is 0 Å². The van der Waals surface area contributed by atoms with Gasteiger partial charge in [-0.25, -0.2) is 0 Å². The second-order valence-electron chi connectivity index (χ2n) is 14.8. The monoisotopic (exact) mass is 759 g/mol. The first-order chi connectivity index (χ1) is 28.7. The van der Waals surface area contributed by atoms with Crippen molar-refractivity contribution in [3.8, 4) is 33.4 Å². The summed E-state index contributed by atoms with van der Waals surface area (Å²) in [5.74, 6) is 0. The number of hydrogen-bond acceptors (Lipinski definition) is 4. The Morgan fingerprint density at radius 1 is 0.345 bits per heavy atom.